The lowest BCUT2D eigenvalue weighted by atomic mass is 10.1. The van der Waals surface area contributed by atoms with Gasteiger partial charge in [-0.05, 0) is 37.6 Å². The highest BCUT2D eigenvalue weighted by Crippen LogP contribution is 2.35. The van der Waals surface area contributed by atoms with Gasteiger partial charge in [-0.2, -0.15) is 0 Å². The monoisotopic (exact) mass is 371 g/mol. The van der Waals surface area contributed by atoms with Crippen LogP contribution in [0.25, 0.3) is 23.4 Å². The first-order chi connectivity index (χ1) is 12.1. The van der Waals surface area contributed by atoms with E-state index in [1.807, 2.05) is 24.5 Å². The molecule has 2 aromatic carbocycles. The van der Waals surface area contributed by atoms with Gasteiger partial charge in [0.2, 0.25) is 0 Å². The molecule has 1 aromatic heterocycles. The summed E-state index contributed by atoms with van der Waals surface area (Å²) in [6, 6.07) is 11.8. The predicted octanol–water partition coefficient (Wildman–Crippen LogP) is 6.05. The van der Waals surface area contributed by atoms with Gasteiger partial charge in [0.15, 0.2) is 11.5 Å². The van der Waals surface area contributed by atoms with Gasteiger partial charge in [0.05, 0.1) is 17.3 Å². The maximum absolute atomic E-state index is 9.90. The van der Waals surface area contributed by atoms with Crippen molar-refractivity contribution < 1.29 is 9.84 Å². The first kappa shape index (κ1) is 17.5. The molecule has 0 spiro atoms. The highest BCUT2D eigenvalue weighted by Gasteiger charge is 2.08. The second kappa shape index (κ2) is 7.72. The van der Waals surface area contributed by atoms with Crippen molar-refractivity contribution in [1.82, 2.24) is 4.98 Å². The van der Waals surface area contributed by atoms with Crippen molar-refractivity contribution in [3.8, 4) is 22.8 Å². The van der Waals surface area contributed by atoms with Crippen molar-refractivity contribution in [2.45, 2.75) is 13.8 Å². The Labute approximate surface area is 156 Å². The van der Waals surface area contributed by atoms with Gasteiger partial charge < -0.3 is 9.84 Å². The second-order valence-electron chi connectivity index (χ2n) is 5.55. The van der Waals surface area contributed by atoms with Gasteiger partial charge in [-0.15, -0.1) is 11.3 Å². The minimum atomic E-state index is -0.0310. The number of thiazole rings is 1. The zero-order valence-corrected chi connectivity index (χ0v) is 15.6. The van der Waals surface area contributed by atoms with Gasteiger partial charge in [-0.25, -0.2) is 4.98 Å². The molecule has 0 unspecified atom stereocenters. The normalized spacial score (nSPS) is 11.2. The van der Waals surface area contributed by atoms with Gasteiger partial charge in [0.25, 0.3) is 0 Å². The van der Waals surface area contributed by atoms with E-state index in [-0.39, 0.29) is 10.8 Å². The Morgan fingerprint density at radius 3 is 2.68 bits per heavy atom. The topological polar surface area (TPSA) is 42.4 Å². The summed E-state index contributed by atoms with van der Waals surface area (Å²) < 4.78 is 5.40. The molecule has 0 aliphatic heterocycles. The fraction of sp³-hybridized carbons (Fsp3) is 0.150. The first-order valence-corrected chi connectivity index (χ1v) is 9.18. The van der Waals surface area contributed by atoms with Gasteiger partial charge in [-0.3, -0.25) is 0 Å². The van der Waals surface area contributed by atoms with Crippen LogP contribution in [0.5, 0.6) is 11.5 Å². The fourth-order valence-corrected chi connectivity index (χ4v) is 3.28. The third-order valence-electron chi connectivity index (χ3n) is 3.64. The molecule has 1 N–H and O–H groups in total. The van der Waals surface area contributed by atoms with Gasteiger partial charge in [0.1, 0.15) is 5.01 Å². The van der Waals surface area contributed by atoms with Crippen molar-refractivity contribution in [3.63, 3.8) is 0 Å². The number of hydrogen-bond acceptors (Lipinski definition) is 4. The molecule has 0 amide bonds. The number of aryl methyl sites for hydroxylation is 1. The van der Waals surface area contributed by atoms with Crippen LogP contribution in [-0.4, -0.2) is 16.7 Å². The number of aromatic nitrogens is 1. The Morgan fingerprint density at radius 2 is 1.96 bits per heavy atom. The van der Waals surface area contributed by atoms with Crippen molar-refractivity contribution in [1.29, 1.82) is 0 Å². The number of benzene rings is 2. The smallest absolute Gasteiger partial charge is 0.176 e. The minimum Gasteiger partial charge on any atom is -0.503 e. The van der Waals surface area contributed by atoms with Crippen molar-refractivity contribution in [3.05, 3.63) is 62.9 Å². The zero-order valence-electron chi connectivity index (χ0n) is 14.0. The first-order valence-electron chi connectivity index (χ1n) is 7.92. The molecule has 0 radical (unpaired) electrons. The molecular formula is C20H18ClNO2S. The zero-order chi connectivity index (χ0) is 17.8. The van der Waals surface area contributed by atoms with E-state index in [0.29, 0.717) is 12.4 Å². The Balaban J connectivity index is 1.82. The summed E-state index contributed by atoms with van der Waals surface area (Å²) in [5, 5.41) is 13.1. The summed E-state index contributed by atoms with van der Waals surface area (Å²) in [5.41, 5.74) is 4.14. The fourth-order valence-electron chi connectivity index (χ4n) is 2.34. The highest BCUT2D eigenvalue weighted by atomic mass is 35.5. The third-order valence-corrected chi connectivity index (χ3v) is 4.74. The average Bonchev–Trinajstić information content (AvgIpc) is 3.07. The number of nitrogens with zero attached hydrogens (tertiary/aromatic N) is 1. The second-order valence-corrected chi connectivity index (χ2v) is 6.85. The van der Waals surface area contributed by atoms with Gasteiger partial charge in [0, 0.05) is 10.9 Å². The average molecular weight is 372 g/mol. The number of aromatic hydroxyl groups is 1. The Morgan fingerprint density at radius 1 is 1.20 bits per heavy atom. The molecule has 3 nitrogen and oxygen atoms in total. The molecule has 25 heavy (non-hydrogen) atoms. The maximum Gasteiger partial charge on any atom is 0.176 e. The van der Waals surface area contributed by atoms with Crippen LogP contribution in [0.3, 0.4) is 0 Å². The quantitative estimate of drug-likeness (QED) is 0.593. The van der Waals surface area contributed by atoms with Crippen LogP contribution in [0.4, 0.5) is 0 Å². The van der Waals surface area contributed by atoms with E-state index < -0.39 is 0 Å². The number of rotatable bonds is 5. The summed E-state index contributed by atoms with van der Waals surface area (Å²) in [5.74, 6) is 0.353. The van der Waals surface area contributed by atoms with Gasteiger partial charge >= 0.3 is 0 Å². The molecule has 3 rings (SSSR count). The van der Waals surface area contributed by atoms with Crippen LogP contribution in [0.1, 0.15) is 23.1 Å². The van der Waals surface area contributed by atoms with Crippen LogP contribution in [-0.2, 0) is 0 Å². The number of ether oxygens (including phenoxy) is 1. The number of halogens is 1. The summed E-state index contributed by atoms with van der Waals surface area (Å²) in [7, 11) is 0. The summed E-state index contributed by atoms with van der Waals surface area (Å²) >= 11 is 7.63. The summed E-state index contributed by atoms with van der Waals surface area (Å²) in [6.45, 7) is 4.39. The molecule has 1 heterocycles. The lowest BCUT2D eigenvalue weighted by Crippen LogP contribution is -1.92. The predicted molar refractivity (Wildman–Crippen MR) is 106 cm³/mol. The number of phenols is 1. The maximum atomic E-state index is 9.90. The molecule has 128 valence electrons. The Hall–Kier alpha value is -2.30. The molecule has 0 fully saturated rings. The molecule has 0 bridgehead atoms. The van der Waals surface area contributed by atoms with E-state index in [0.717, 1.165) is 21.8 Å². The highest BCUT2D eigenvalue weighted by molar-refractivity contribution is 7.10. The van der Waals surface area contributed by atoms with E-state index in [4.69, 9.17) is 16.3 Å². The lowest BCUT2D eigenvalue weighted by molar-refractivity contribution is 0.318. The van der Waals surface area contributed by atoms with Crippen molar-refractivity contribution in [2.75, 3.05) is 6.61 Å². The van der Waals surface area contributed by atoms with Crippen molar-refractivity contribution >= 4 is 35.1 Å². The van der Waals surface area contributed by atoms with E-state index in [2.05, 4.69) is 36.2 Å². The molecule has 0 saturated carbocycles. The SMILES string of the molecule is CCOc1cc(C=Cc2nc(-c3ccc(C)cc3)cs2)cc(Cl)c1O. The van der Waals surface area contributed by atoms with Crippen LogP contribution in [0.15, 0.2) is 41.8 Å². The molecule has 0 saturated heterocycles. The molecule has 0 aliphatic carbocycles. The van der Waals surface area contributed by atoms with Gasteiger partial charge in [-0.1, -0.05) is 47.5 Å². The molecule has 0 aliphatic rings. The molecule has 5 heteroatoms. The number of phenolic OH excluding ortho intramolecular Hbond substituents is 1. The summed E-state index contributed by atoms with van der Waals surface area (Å²) in [6.07, 6.45) is 3.84. The largest absolute Gasteiger partial charge is 0.503 e. The molecule has 0 atom stereocenters. The van der Waals surface area contributed by atoms with Crippen LogP contribution < -0.4 is 4.74 Å². The summed E-state index contributed by atoms with van der Waals surface area (Å²) in [4.78, 5) is 4.64. The standard InChI is InChI=1S/C20H18ClNO2S/c1-3-24-18-11-14(10-16(21)20(18)23)6-9-19-22-17(12-25-19)15-7-4-13(2)5-8-15/h4-12,23H,3H2,1-2H3. The van der Waals surface area contributed by atoms with Crippen LogP contribution >= 0.6 is 22.9 Å². The van der Waals surface area contributed by atoms with Crippen LogP contribution in [0.2, 0.25) is 5.02 Å². The Bertz CT molecular complexity index is 901. The van der Waals surface area contributed by atoms with Crippen LogP contribution in [0, 0.1) is 6.92 Å². The molecular weight excluding hydrogens is 354 g/mol. The van der Waals surface area contributed by atoms with E-state index in [1.54, 1.807) is 23.5 Å². The third kappa shape index (κ3) is 4.21. The Kier molecular flexibility index (Phi) is 5.41. The molecule has 3 aromatic rings. The minimum absolute atomic E-state index is 0.0310. The van der Waals surface area contributed by atoms with E-state index in [9.17, 15) is 5.11 Å². The van der Waals surface area contributed by atoms with E-state index >= 15 is 0 Å². The number of hydrogen-bond donors (Lipinski definition) is 1. The van der Waals surface area contributed by atoms with Crippen molar-refractivity contribution in [2.24, 2.45) is 0 Å². The van der Waals surface area contributed by atoms with E-state index in [1.165, 1.54) is 5.56 Å². The lowest BCUT2D eigenvalue weighted by Gasteiger charge is -2.08.